The van der Waals surface area contributed by atoms with Gasteiger partial charge in [0.1, 0.15) is 0 Å². The summed E-state index contributed by atoms with van der Waals surface area (Å²) in [6.07, 6.45) is 0.948. The lowest BCUT2D eigenvalue weighted by Gasteiger charge is -2.17. The Hall–Kier alpha value is -1.30. The molecule has 0 aromatic heterocycles. The molecule has 0 aliphatic rings. The molecule has 0 rings (SSSR count). The Balaban J connectivity index is 4.11. The summed E-state index contributed by atoms with van der Waals surface area (Å²) >= 11 is 0. The van der Waals surface area contributed by atoms with E-state index in [2.05, 4.69) is 10.5 Å². The molecule has 2 unspecified atom stereocenters. The van der Waals surface area contributed by atoms with Crippen LogP contribution in [0.4, 0.5) is 0 Å². The number of carbonyl (C=O) groups is 1. The van der Waals surface area contributed by atoms with E-state index in [-0.39, 0.29) is 17.7 Å². The number of nitrogens with one attached hydrogen (secondary N) is 1. The van der Waals surface area contributed by atoms with Gasteiger partial charge in [-0.3, -0.25) is 4.79 Å². The number of oxime groups is 1. The van der Waals surface area contributed by atoms with Crippen LogP contribution in [0.5, 0.6) is 0 Å². The minimum absolute atomic E-state index is 0.0234. The topological polar surface area (TPSA) is 96.9 Å². The Morgan fingerprint density at radius 2 is 2.25 bits per heavy atom. The molecule has 1 amide bonds. The molecule has 16 heavy (non-hydrogen) atoms. The third kappa shape index (κ3) is 5.55. The van der Waals surface area contributed by atoms with Crippen LogP contribution in [0.1, 0.15) is 26.7 Å². The average Bonchev–Trinajstić information content (AvgIpc) is 2.25. The van der Waals surface area contributed by atoms with E-state index in [1.54, 1.807) is 7.11 Å². The Kier molecular flexibility index (Phi) is 7.28. The first-order valence-electron chi connectivity index (χ1n) is 5.30. The van der Waals surface area contributed by atoms with Gasteiger partial charge in [0.25, 0.3) is 0 Å². The van der Waals surface area contributed by atoms with Crippen molar-refractivity contribution < 1.29 is 14.7 Å². The van der Waals surface area contributed by atoms with E-state index < -0.39 is 6.04 Å². The van der Waals surface area contributed by atoms with Gasteiger partial charge in [-0.2, -0.15) is 0 Å². The zero-order chi connectivity index (χ0) is 12.6. The largest absolute Gasteiger partial charge is 0.409 e. The number of rotatable bonds is 7. The number of hydrogen-bond acceptors (Lipinski definition) is 4. The quantitative estimate of drug-likeness (QED) is 0.254. The van der Waals surface area contributed by atoms with Gasteiger partial charge in [0.15, 0.2) is 5.84 Å². The molecule has 0 heterocycles. The average molecular weight is 231 g/mol. The normalized spacial score (nSPS) is 15.6. The molecule has 94 valence electrons. The second-order valence-corrected chi connectivity index (χ2v) is 3.82. The number of carbonyl (C=O) groups excluding carboxylic acids is 1. The molecule has 0 radical (unpaired) electrons. The lowest BCUT2D eigenvalue weighted by molar-refractivity contribution is -0.122. The maximum Gasteiger partial charge on any atom is 0.220 e. The van der Waals surface area contributed by atoms with Crippen LogP contribution >= 0.6 is 0 Å². The van der Waals surface area contributed by atoms with E-state index >= 15 is 0 Å². The van der Waals surface area contributed by atoms with E-state index in [1.807, 2.05) is 13.8 Å². The van der Waals surface area contributed by atoms with Gasteiger partial charge in [-0.1, -0.05) is 19.0 Å². The van der Waals surface area contributed by atoms with Crippen molar-refractivity contribution in [3.8, 4) is 0 Å². The molecular formula is C10H21N3O3. The van der Waals surface area contributed by atoms with Crippen LogP contribution in [0.3, 0.4) is 0 Å². The van der Waals surface area contributed by atoms with Crippen LogP contribution in [-0.2, 0) is 9.53 Å². The number of methoxy groups -OCH3 is 1. The van der Waals surface area contributed by atoms with Gasteiger partial charge >= 0.3 is 0 Å². The molecule has 6 heteroatoms. The van der Waals surface area contributed by atoms with Crippen molar-refractivity contribution in [3.05, 3.63) is 0 Å². The van der Waals surface area contributed by atoms with Crippen molar-refractivity contribution in [3.63, 3.8) is 0 Å². The molecule has 0 fully saturated rings. The number of amidine groups is 1. The monoisotopic (exact) mass is 231 g/mol. The smallest absolute Gasteiger partial charge is 0.220 e. The van der Waals surface area contributed by atoms with Crippen molar-refractivity contribution in [2.75, 3.05) is 13.7 Å². The lowest BCUT2D eigenvalue weighted by Crippen LogP contribution is -2.44. The van der Waals surface area contributed by atoms with Gasteiger partial charge in [-0.05, 0) is 12.3 Å². The molecule has 0 bridgehead atoms. The highest BCUT2D eigenvalue weighted by Crippen LogP contribution is 2.02. The zero-order valence-corrected chi connectivity index (χ0v) is 10.1. The number of nitrogens with zero attached hydrogens (tertiary/aromatic N) is 1. The molecule has 0 aromatic rings. The van der Waals surface area contributed by atoms with Crippen molar-refractivity contribution in [1.29, 1.82) is 0 Å². The number of nitrogens with two attached hydrogens (primary N) is 1. The Morgan fingerprint density at radius 3 is 2.69 bits per heavy atom. The highest BCUT2D eigenvalue weighted by atomic mass is 16.5. The molecule has 0 aliphatic carbocycles. The van der Waals surface area contributed by atoms with Crippen LogP contribution in [0, 0.1) is 5.92 Å². The standard InChI is InChI=1S/C10H21N3O3/c1-4-8(10(11)13-15)12-9(14)5-7(2)6-16-3/h7-8,15H,4-6H2,1-3H3,(H2,11,13)(H,12,14). The molecule has 6 nitrogen and oxygen atoms in total. The molecule has 4 N–H and O–H groups in total. The maximum atomic E-state index is 11.6. The highest BCUT2D eigenvalue weighted by Gasteiger charge is 2.16. The molecule has 0 saturated carbocycles. The number of hydrogen-bond donors (Lipinski definition) is 3. The van der Waals surface area contributed by atoms with Crippen LogP contribution < -0.4 is 11.1 Å². The number of ether oxygens (including phenoxy) is 1. The molecule has 0 spiro atoms. The van der Waals surface area contributed by atoms with E-state index in [0.717, 1.165) is 0 Å². The van der Waals surface area contributed by atoms with Gasteiger partial charge in [0, 0.05) is 20.1 Å². The highest BCUT2D eigenvalue weighted by molar-refractivity contribution is 5.89. The summed E-state index contributed by atoms with van der Waals surface area (Å²) in [5, 5.41) is 14.1. The molecular weight excluding hydrogens is 210 g/mol. The van der Waals surface area contributed by atoms with Crippen LogP contribution in [0.2, 0.25) is 0 Å². The Morgan fingerprint density at radius 1 is 1.62 bits per heavy atom. The summed E-state index contributed by atoms with van der Waals surface area (Å²) in [5.74, 6) is 0.0491. The minimum Gasteiger partial charge on any atom is -0.409 e. The van der Waals surface area contributed by atoms with Crippen molar-refractivity contribution in [2.24, 2.45) is 16.8 Å². The first-order valence-corrected chi connectivity index (χ1v) is 5.30. The van der Waals surface area contributed by atoms with Gasteiger partial charge in [0.05, 0.1) is 6.04 Å². The van der Waals surface area contributed by atoms with Crippen molar-refractivity contribution in [2.45, 2.75) is 32.7 Å². The third-order valence-electron chi connectivity index (χ3n) is 2.20. The fraction of sp³-hybridized carbons (Fsp3) is 0.800. The van der Waals surface area contributed by atoms with Crippen molar-refractivity contribution >= 4 is 11.7 Å². The predicted molar refractivity (Wildman–Crippen MR) is 61.3 cm³/mol. The summed E-state index contributed by atoms with van der Waals surface area (Å²) in [4.78, 5) is 11.6. The van der Waals surface area contributed by atoms with Gasteiger partial charge in [-0.15, -0.1) is 0 Å². The van der Waals surface area contributed by atoms with Crippen molar-refractivity contribution in [1.82, 2.24) is 5.32 Å². The minimum atomic E-state index is -0.410. The van der Waals surface area contributed by atoms with Gasteiger partial charge in [0.2, 0.25) is 5.91 Å². The predicted octanol–water partition coefficient (Wildman–Crippen LogP) is 0.300. The van der Waals surface area contributed by atoms with E-state index in [0.29, 0.717) is 19.4 Å². The summed E-state index contributed by atoms with van der Waals surface area (Å²) < 4.78 is 4.94. The second-order valence-electron chi connectivity index (χ2n) is 3.82. The van der Waals surface area contributed by atoms with Gasteiger partial charge < -0.3 is 21.0 Å². The van der Waals surface area contributed by atoms with E-state index in [1.165, 1.54) is 0 Å². The third-order valence-corrected chi connectivity index (χ3v) is 2.20. The van der Waals surface area contributed by atoms with Crippen LogP contribution in [0.25, 0.3) is 0 Å². The fourth-order valence-electron chi connectivity index (χ4n) is 1.37. The second kappa shape index (κ2) is 7.92. The lowest BCUT2D eigenvalue weighted by atomic mass is 10.1. The van der Waals surface area contributed by atoms with Crippen LogP contribution in [-0.4, -0.2) is 36.7 Å². The van der Waals surface area contributed by atoms with Crippen LogP contribution in [0.15, 0.2) is 5.16 Å². The summed E-state index contributed by atoms with van der Waals surface area (Å²) in [5.41, 5.74) is 5.43. The summed E-state index contributed by atoms with van der Waals surface area (Å²) in [6.45, 7) is 4.31. The first kappa shape index (κ1) is 14.7. The Bertz CT molecular complexity index is 243. The first-order chi connectivity index (χ1) is 7.54. The zero-order valence-electron chi connectivity index (χ0n) is 10.1. The Labute approximate surface area is 95.8 Å². The number of amides is 1. The maximum absolute atomic E-state index is 11.6. The van der Waals surface area contributed by atoms with E-state index in [4.69, 9.17) is 15.7 Å². The molecule has 0 aliphatic heterocycles. The fourth-order valence-corrected chi connectivity index (χ4v) is 1.37. The molecule has 0 saturated heterocycles. The molecule has 2 atom stereocenters. The SMILES string of the molecule is CCC(NC(=O)CC(C)COC)C(N)=NO. The van der Waals surface area contributed by atoms with Gasteiger partial charge in [-0.25, -0.2) is 0 Å². The molecule has 0 aromatic carbocycles. The summed E-state index contributed by atoms with van der Waals surface area (Å²) in [6, 6.07) is -0.410. The summed E-state index contributed by atoms with van der Waals surface area (Å²) in [7, 11) is 1.60. The van der Waals surface area contributed by atoms with E-state index in [9.17, 15) is 4.79 Å².